The minimum atomic E-state index is -0.556. The normalized spacial score (nSPS) is 14.8. The van der Waals surface area contributed by atoms with Crippen molar-refractivity contribution in [2.45, 2.75) is 18.9 Å². The number of nitro groups is 1. The third-order valence-electron chi connectivity index (χ3n) is 3.78. The van der Waals surface area contributed by atoms with Crippen LogP contribution in [0.3, 0.4) is 0 Å². The fourth-order valence-electron chi connectivity index (χ4n) is 2.46. The molecule has 0 radical (unpaired) electrons. The van der Waals surface area contributed by atoms with Gasteiger partial charge in [-0.1, -0.05) is 30.3 Å². The van der Waals surface area contributed by atoms with Crippen LogP contribution in [-0.2, 0) is 0 Å². The van der Waals surface area contributed by atoms with Gasteiger partial charge in [-0.25, -0.2) is 4.79 Å². The molecule has 0 bridgehead atoms. The first kappa shape index (κ1) is 15.0. The van der Waals surface area contributed by atoms with Gasteiger partial charge in [0.1, 0.15) is 5.75 Å². The highest BCUT2D eigenvalue weighted by Gasteiger charge is 2.33. The molecule has 1 aliphatic carbocycles. The summed E-state index contributed by atoms with van der Waals surface area (Å²) in [5, 5.41) is 13.5. The van der Waals surface area contributed by atoms with Crippen LogP contribution in [0.2, 0.25) is 0 Å². The van der Waals surface area contributed by atoms with Crippen LogP contribution in [0.5, 0.6) is 5.75 Å². The number of nitro benzene ring substituents is 1. The van der Waals surface area contributed by atoms with Gasteiger partial charge in [0.25, 0.3) is 5.69 Å². The number of amides is 1. The minimum Gasteiger partial charge on any atom is -0.410 e. The fourth-order valence-corrected chi connectivity index (χ4v) is 2.46. The molecule has 0 aliphatic heterocycles. The molecule has 1 atom stereocenters. The van der Waals surface area contributed by atoms with Crippen LogP contribution in [0.1, 0.15) is 24.4 Å². The van der Waals surface area contributed by atoms with Crippen LogP contribution < -0.4 is 10.1 Å². The molecule has 1 aliphatic rings. The zero-order valence-corrected chi connectivity index (χ0v) is 12.3. The average Bonchev–Trinajstić information content (AvgIpc) is 3.39. The lowest BCUT2D eigenvalue weighted by Crippen LogP contribution is -2.32. The third kappa shape index (κ3) is 3.85. The Labute approximate surface area is 133 Å². The van der Waals surface area contributed by atoms with Gasteiger partial charge in [0, 0.05) is 12.1 Å². The van der Waals surface area contributed by atoms with E-state index >= 15 is 0 Å². The second-order valence-electron chi connectivity index (χ2n) is 5.51. The van der Waals surface area contributed by atoms with Gasteiger partial charge in [0.05, 0.1) is 11.0 Å². The van der Waals surface area contributed by atoms with Crippen LogP contribution in [0.4, 0.5) is 10.5 Å². The van der Waals surface area contributed by atoms with Gasteiger partial charge in [-0.3, -0.25) is 10.1 Å². The largest absolute Gasteiger partial charge is 0.413 e. The van der Waals surface area contributed by atoms with E-state index in [0.717, 1.165) is 18.4 Å². The molecule has 2 aromatic carbocycles. The lowest BCUT2D eigenvalue weighted by Gasteiger charge is -2.18. The molecule has 1 fully saturated rings. The molecular weight excluding hydrogens is 296 g/mol. The summed E-state index contributed by atoms with van der Waals surface area (Å²) in [6.45, 7) is 0. The predicted molar refractivity (Wildman–Crippen MR) is 84.2 cm³/mol. The Morgan fingerprint density at radius 1 is 1.13 bits per heavy atom. The van der Waals surface area contributed by atoms with Crippen molar-refractivity contribution in [2.75, 3.05) is 0 Å². The number of carbonyl (C=O) groups is 1. The van der Waals surface area contributed by atoms with Crippen LogP contribution in [-0.4, -0.2) is 11.0 Å². The molecule has 3 rings (SSSR count). The van der Waals surface area contributed by atoms with Crippen LogP contribution in [0, 0.1) is 16.0 Å². The smallest absolute Gasteiger partial charge is 0.410 e. The van der Waals surface area contributed by atoms with E-state index in [2.05, 4.69) is 5.32 Å². The van der Waals surface area contributed by atoms with Gasteiger partial charge in [0.2, 0.25) is 0 Å². The molecule has 6 nitrogen and oxygen atoms in total. The Morgan fingerprint density at radius 2 is 1.78 bits per heavy atom. The van der Waals surface area contributed by atoms with Gasteiger partial charge in [-0.05, 0) is 36.5 Å². The topological polar surface area (TPSA) is 81.5 Å². The molecule has 0 saturated heterocycles. The van der Waals surface area contributed by atoms with Gasteiger partial charge in [-0.15, -0.1) is 0 Å². The van der Waals surface area contributed by atoms with E-state index in [1.54, 1.807) is 0 Å². The van der Waals surface area contributed by atoms with E-state index in [4.69, 9.17) is 4.74 Å². The third-order valence-corrected chi connectivity index (χ3v) is 3.78. The highest BCUT2D eigenvalue weighted by atomic mass is 16.6. The van der Waals surface area contributed by atoms with Gasteiger partial charge < -0.3 is 10.1 Å². The van der Waals surface area contributed by atoms with Crippen molar-refractivity contribution >= 4 is 11.8 Å². The molecule has 0 aromatic heterocycles. The average molecular weight is 312 g/mol. The lowest BCUT2D eigenvalue weighted by molar-refractivity contribution is -0.384. The van der Waals surface area contributed by atoms with Crippen LogP contribution in [0.15, 0.2) is 54.6 Å². The molecule has 118 valence electrons. The minimum absolute atomic E-state index is 0.0436. The quantitative estimate of drug-likeness (QED) is 0.672. The SMILES string of the molecule is O=C(N[C@H](c1ccccc1)C1CC1)Oc1ccc([N+](=O)[O-])cc1. The molecule has 0 spiro atoms. The Bertz CT molecular complexity index is 696. The van der Waals surface area contributed by atoms with E-state index in [9.17, 15) is 14.9 Å². The first-order valence-corrected chi connectivity index (χ1v) is 7.41. The van der Waals surface area contributed by atoms with Crippen molar-refractivity contribution in [3.63, 3.8) is 0 Å². The van der Waals surface area contributed by atoms with Gasteiger partial charge >= 0.3 is 6.09 Å². The zero-order chi connectivity index (χ0) is 16.2. The number of hydrogen-bond acceptors (Lipinski definition) is 4. The number of ether oxygens (including phenoxy) is 1. The standard InChI is InChI=1S/C17H16N2O4/c20-17(23-15-10-8-14(9-11-15)19(21)22)18-16(13-6-7-13)12-4-2-1-3-5-12/h1-5,8-11,13,16H,6-7H2,(H,18,20)/t16-/m1/s1. The van der Waals surface area contributed by atoms with Crippen molar-refractivity contribution in [3.05, 3.63) is 70.3 Å². The summed E-state index contributed by atoms with van der Waals surface area (Å²) in [7, 11) is 0. The predicted octanol–water partition coefficient (Wildman–Crippen LogP) is 3.83. The van der Waals surface area contributed by atoms with Crippen molar-refractivity contribution < 1.29 is 14.5 Å². The monoisotopic (exact) mass is 312 g/mol. The summed E-state index contributed by atoms with van der Waals surface area (Å²) in [5.74, 6) is 0.706. The Morgan fingerprint density at radius 3 is 2.35 bits per heavy atom. The number of non-ortho nitro benzene ring substituents is 1. The molecule has 1 amide bonds. The number of nitrogens with one attached hydrogen (secondary N) is 1. The van der Waals surface area contributed by atoms with Crippen LogP contribution in [0.25, 0.3) is 0 Å². The summed E-state index contributed by atoms with van der Waals surface area (Å²) in [6.07, 6.45) is 1.61. The van der Waals surface area contributed by atoms with Gasteiger partial charge in [0.15, 0.2) is 0 Å². The Kier molecular flexibility index (Phi) is 4.23. The Balaban J connectivity index is 1.64. The van der Waals surface area contributed by atoms with Crippen molar-refractivity contribution in [2.24, 2.45) is 5.92 Å². The van der Waals surface area contributed by atoms with E-state index < -0.39 is 11.0 Å². The molecular formula is C17H16N2O4. The summed E-state index contributed by atoms with van der Waals surface area (Å²) in [5.41, 5.74) is 1.01. The van der Waals surface area contributed by atoms with Crippen molar-refractivity contribution in [1.29, 1.82) is 0 Å². The number of rotatable bonds is 5. The molecule has 1 N–H and O–H groups in total. The van der Waals surface area contributed by atoms with E-state index in [1.807, 2.05) is 30.3 Å². The summed E-state index contributed by atoms with van der Waals surface area (Å²) in [6, 6.07) is 15.1. The van der Waals surface area contributed by atoms with Gasteiger partial charge in [-0.2, -0.15) is 0 Å². The zero-order valence-electron chi connectivity index (χ0n) is 12.3. The molecule has 1 saturated carbocycles. The van der Waals surface area contributed by atoms with Crippen LogP contribution >= 0.6 is 0 Å². The maximum Gasteiger partial charge on any atom is 0.413 e. The number of carbonyl (C=O) groups excluding carboxylic acids is 1. The summed E-state index contributed by atoms with van der Waals surface area (Å²) < 4.78 is 5.21. The summed E-state index contributed by atoms with van der Waals surface area (Å²) >= 11 is 0. The first-order chi connectivity index (χ1) is 11.1. The first-order valence-electron chi connectivity index (χ1n) is 7.41. The molecule has 6 heteroatoms. The number of benzene rings is 2. The highest BCUT2D eigenvalue weighted by Crippen LogP contribution is 2.41. The number of hydrogen-bond donors (Lipinski definition) is 1. The van der Waals surface area contributed by atoms with E-state index in [1.165, 1.54) is 24.3 Å². The van der Waals surface area contributed by atoms with Crippen molar-refractivity contribution in [1.82, 2.24) is 5.32 Å². The maximum absolute atomic E-state index is 12.1. The highest BCUT2D eigenvalue weighted by molar-refractivity contribution is 5.71. The Hall–Kier alpha value is -2.89. The molecule has 2 aromatic rings. The molecule has 0 unspecified atom stereocenters. The second-order valence-corrected chi connectivity index (χ2v) is 5.51. The lowest BCUT2D eigenvalue weighted by atomic mass is 10.0. The van der Waals surface area contributed by atoms with Crippen molar-refractivity contribution in [3.8, 4) is 5.75 Å². The summed E-state index contributed by atoms with van der Waals surface area (Å²) in [4.78, 5) is 22.2. The molecule has 0 heterocycles. The fraction of sp³-hybridized carbons (Fsp3) is 0.235. The van der Waals surface area contributed by atoms with E-state index in [0.29, 0.717) is 5.92 Å². The molecule has 23 heavy (non-hydrogen) atoms. The van der Waals surface area contributed by atoms with E-state index in [-0.39, 0.29) is 17.5 Å². The number of nitrogens with zero attached hydrogens (tertiary/aromatic N) is 1. The second kappa shape index (κ2) is 6.48. The maximum atomic E-state index is 12.1.